The van der Waals surface area contributed by atoms with Crippen LogP contribution in [0, 0.1) is 11.7 Å². The fraction of sp³-hybridized carbons (Fsp3) is 0.250. The van der Waals surface area contributed by atoms with Gasteiger partial charge in [-0.3, -0.25) is 9.69 Å². The van der Waals surface area contributed by atoms with Crippen molar-refractivity contribution in [2.75, 3.05) is 18.0 Å². The summed E-state index contributed by atoms with van der Waals surface area (Å²) >= 11 is 8.21. The third kappa shape index (κ3) is 4.99. The van der Waals surface area contributed by atoms with Gasteiger partial charge >= 0.3 is 0 Å². The number of thiophene rings is 1. The summed E-state index contributed by atoms with van der Waals surface area (Å²) in [5.74, 6) is -1.21. The number of piperidine rings is 1. The van der Waals surface area contributed by atoms with Crippen molar-refractivity contribution in [3.05, 3.63) is 76.4 Å². The van der Waals surface area contributed by atoms with Gasteiger partial charge in [-0.2, -0.15) is 4.31 Å². The smallest absolute Gasteiger partial charge is 0.252 e. The fourth-order valence-electron chi connectivity index (χ4n) is 4.17. The van der Waals surface area contributed by atoms with Crippen LogP contribution in [0.4, 0.5) is 9.52 Å². The Balaban J connectivity index is 1.46. The zero-order valence-corrected chi connectivity index (χ0v) is 21.6. The van der Waals surface area contributed by atoms with Crippen LogP contribution in [0.5, 0.6) is 0 Å². The van der Waals surface area contributed by atoms with E-state index >= 15 is 0 Å². The zero-order valence-electron chi connectivity index (χ0n) is 18.4. The number of hydrogen-bond acceptors (Lipinski definition) is 6. The van der Waals surface area contributed by atoms with Crippen LogP contribution in [-0.2, 0) is 21.4 Å². The second kappa shape index (κ2) is 9.94. The van der Waals surface area contributed by atoms with Gasteiger partial charge in [-0.25, -0.2) is 17.8 Å². The predicted molar refractivity (Wildman–Crippen MR) is 138 cm³/mol. The molecule has 0 saturated carbocycles. The Bertz CT molecular complexity index is 1470. The summed E-state index contributed by atoms with van der Waals surface area (Å²) in [5.41, 5.74) is 1.12. The Morgan fingerprint density at radius 2 is 1.91 bits per heavy atom. The molecule has 1 fully saturated rings. The second-order valence-electron chi connectivity index (χ2n) is 8.25. The molecule has 4 aromatic rings. The summed E-state index contributed by atoms with van der Waals surface area (Å²) in [6.07, 6.45) is 1.11. The lowest BCUT2D eigenvalue weighted by atomic mass is 9.98. The van der Waals surface area contributed by atoms with Gasteiger partial charge < -0.3 is 0 Å². The van der Waals surface area contributed by atoms with Gasteiger partial charge in [0.2, 0.25) is 5.91 Å². The van der Waals surface area contributed by atoms with E-state index in [-0.39, 0.29) is 28.7 Å². The molecule has 1 aliphatic heterocycles. The van der Waals surface area contributed by atoms with E-state index in [0.717, 1.165) is 16.9 Å². The Hall–Kier alpha value is -2.37. The lowest BCUT2D eigenvalue weighted by Gasteiger charge is -2.33. The molecule has 0 spiro atoms. The molecule has 11 heteroatoms. The molecule has 35 heavy (non-hydrogen) atoms. The van der Waals surface area contributed by atoms with Crippen molar-refractivity contribution < 1.29 is 17.6 Å². The largest absolute Gasteiger partial charge is 0.283 e. The summed E-state index contributed by atoms with van der Waals surface area (Å²) in [7, 11) is -3.75. The fourth-order valence-corrected chi connectivity index (χ4v) is 8.32. The quantitative estimate of drug-likeness (QED) is 0.305. The summed E-state index contributed by atoms with van der Waals surface area (Å²) < 4.78 is 43.2. The van der Waals surface area contributed by atoms with Gasteiger partial charge in [0.15, 0.2) is 5.13 Å². The number of carbonyl (C=O) groups excluding carboxylic acids is 1. The molecule has 0 bridgehead atoms. The molecule has 1 unspecified atom stereocenters. The number of sulfonamides is 1. The molecule has 0 aliphatic carbocycles. The van der Waals surface area contributed by atoms with Gasteiger partial charge in [0, 0.05) is 13.1 Å². The summed E-state index contributed by atoms with van der Waals surface area (Å²) in [5, 5.41) is 0.393. The molecule has 1 saturated heterocycles. The van der Waals surface area contributed by atoms with Gasteiger partial charge in [0.05, 0.1) is 21.5 Å². The third-order valence-corrected chi connectivity index (χ3v) is 10.5. The monoisotopic (exact) mass is 549 g/mol. The van der Waals surface area contributed by atoms with Crippen LogP contribution >= 0.6 is 34.3 Å². The van der Waals surface area contributed by atoms with E-state index in [9.17, 15) is 17.6 Å². The van der Waals surface area contributed by atoms with E-state index < -0.39 is 21.8 Å². The normalized spacial score (nSPS) is 17.0. The highest BCUT2D eigenvalue weighted by Crippen LogP contribution is 2.35. The van der Waals surface area contributed by atoms with E-state index in [4.69, 9.17) is 11.6 Å². The molecule has 0 radical (unpaired) electrons. The van der Waals surface area contributed by atoms with Crippen molar-refractivity contribution in [3.8, 4) is 0 Å². The summed E-state index contributed by atoms with van der Waals surface area (Å²) in [6.45, 7) is 0.665. The van der Waals surface area contributed by atoms with E-state index in [1.807, 2.05) is 30.3 Å². The van der Waals surface area contributed by atoms with Crippen LogP contribution in [0.1, 0.15) is 18.4 Å². The number of thiazole rings is 1. The van der Waals surface area contributed by atoms with Crippen molar-refractivity contribution in [1.82, 2.24) is 9.29 Å². The number of halogens is 2. The van der Waals surface area contributed by atoms with E-state index in [1.165, 1.54) is 27.8 Å². The molecule has 1 atom stereocenters. The first-order valence-corrected chi connectivity index (χ1v) is 14.4. The number of rotatable bonds is 6. The predicted octanol–water partition coefficient (Wildman–Crippen LogP) is 5.78. The summed E-state index contributed by atoms with van der Waals surface area (Å²) in [4.78, 5) is 19.8. The minimum atomic E-state index is -3.75. The lowest BCUT2D eigenvalue weighted by Crippen LogP contribution is -2.46. The number of fused-ring (bicyclic) bond motifs is 1. The topological polar surface area (TPSA) is 70.6 Å². The van der Waals surface area contributed by atoms with E-state index in [2.05, 4.69) is 4.98 Å². The SMILES string of the molecule is O=C(C1CCCN(S(=O)(=O)c2ccc(Cl)s2)C1)N(Cc1ccccc1)c1nc2c(F)cccc2s1. The van der Waals surface area contributed by atoms with Crippen LogP contribution in [-0.4, -0.2) is 36.7 Å². The number of para-hydroxylation sites is 1. The molecule has 6 nitrogen and oxygen atoms in total. The molecule has 2 aromatic heterocycles. The first-order chi connectivity index (χ1) is 16.8. The van der Waals surface area contributed by atoms with Crippen LogP contribution in [0.25, 0.3) is 10.2 Å². The molecule has 1 aliphatic rings. The number of carbonyl (C=O) groups is 1. The maximum absolute atomic E-state index is 14.3. The van der Waals surface area contributed by atoms with Crippen molar-refractivity contribution in [3.63, 3.8) is 0 Å². The minimum absolute atomic E-state index is 0.0707. The highest BCUT2D eigenvalue weighted by atomic mass is 35.5. The van der Waals surface area contributed by atoms with Crippen LogP contribution in [0.2, 0.25) is 4.34 Å². The second-order valence-corrected chi connectivity index (χ2v) is 13.1. The number of nitrogens with zero attached hydrogens (tertiary/aromatic N) is 3. The average molecular weight is 550 g/mol. The molecular weight excluding hydrogens is 529 g/mol. The van der Waals surface area contributed by atoms with Crippen molar-refractivity contribution >= 4 is 65.6 Å². The molecule has 3 heterocycles. The van der Waals surface area contributed by atoms with E-state index in [1.54, 1.807) is 23.1 Å². The van der Waals surface area contributed by atoms with Gasteiger partial charge in [-0.1, -0.05) is 59.3 Å². The molecule has 5 rings (SSSR count). The lowest BCUT2D eigenvalue weighted by molar-refractivity contribution is -0.123. The Morgan fingerprint density at radius 1 is 1.11 bits per heavy atom. The number of amides is 1. The maximum Gasteiger partial charge on any atom is 0.252 e. The first-order valence-electron chi connectivity index (χ1n) is 11.0. The van der Waals surface area contributed by atoms with Gasteiger partial charge in [-0.05, 0) is 42.7 Å². The molecule has 0 N–H and O–H groups in total. The highest BCUT2D eigenvalue weighted by Gasteiger charge is 2.37. The average Bonchev–Trinajstić information content (AvgIpc) is 3.50. The van der Waals surface area contributed by atoms with E-state index in [0.29, 0.717) is 33.6 Å². The first kappa shape index (κ1) is 24.3. The number of hydrogen-bond donors (Lipinski definition) is 0. The standard InChI is InChI=1S/C24H21ClFN3O3S3/c25-20-11-12-21(34-20)35(31,32)28-13-5-8-17(15-28)23(30)29(14-16-6-2-1-3-7-16)24-27-22-18(26)9-4-10-19(22)33-24/h1-4,6-7,9-12,17H,5,8,13-15H2. The molecule has 1 amide bonds. The highest BCUT2D eigenvalue weighted by molar-refractivity contribution is 7.91. The maximum atomic E-state index is 14.3. The Labute approximate surface area is 215 Å². The van der Waals surface area contributed by atoms with Crippen LogP contribution in [0.15, 0.2) is 64.9 Å². The van der Waals surface area contributed by atoms with Gasteiger partial charge in [0.1, 0.15) is 15.5 Å². The van der Waals surface area contributed by atoms with Gasteiger partial charge in [0.25, 0.3) is 10.0 Å². The summed E-state index contributed by atoms with van der Waals surface area (Å²) in [6, 6.07) is 17.3. The van der Waals surface area contributed by atoms with Gasteiger partial charge in [-0.15, -0.1) is 11.3 Å². The van der Waals surface area contributed by atoms with Crippen molar-refractivity contribution in [2.24, 2.45) is 5.92 Å². The zero-order chi connectivity index (χ0) is 24.6. The van der Waals surface area contributed by atoms with Crippen molar-refractivity contribution in [2.45, 2.75) is 23.6 Å². The molecular formula is C24H21ClFN3O3S3. The van der Waals surface area contributed by atoms with Crippen LogP contribution in [0.3, 0.4) is 0 Å². The molecule has 182 valence electrons. The minimum Gasteiger partial charge on any atom is -0.283 e. The number of anilines is 1. The Morgan fingerprint density at radius 3 is 2.63 bits per heavy atom. The van der Waals surface area contributed by atoms with Crippen LogP contribution < -0.4 is 4.90 Å². The van der Waals surface area contributed by atoms with Crippen molar-refractivity contribution in [1.29, 1.82) is 0 Å². The Kier molecular flexibility index (Phi) is 6.91. The third-order valence-electron chi connectivity index (χ3n) is 5.91. The molecule has 2 aromatic carbocycles. The number of aromatic nitrogens is 1. The number of benzene rings is 2.